The van der Waals surface area contributed by atoms with E-state index in [1.54, 1.807) is 0 Å². The summed E-state index contributed by atoms with van der Waals surface area (Å²) in [5.41, 5.74) is 7.87. The summed E-state index contributed by atoms with van der Waals surface area (Å²) in [7, 11) is -11.1. The number of nitrogens with zero attached hydrogens (tertiary/aromatic N) is 6. The number of carbonyl (C=O) groups excluding carboxylic acids is 1. The number of H-pyrrole nitrogens is 1. The standard InChI is InChI=1S/C31H37N9O12P2/c32-31-35-28-25(29(44)36-31)34-18-40(28)30-27(43)26(42)23(51-30)17-50-54(47,48)52-53(45,46)49-16-22-15-39(38-37-22)13-5-4-8-24(41)33-14-19-9-11-21(12-10-19)20-6-2-1-3-7-20/h1-3,6-7,9-12,15,18,23,26-27,30,42-43H,4-5,8,13-14,16-17H2,(H,33,41)(H,45,46)(H,47,48)(H3,32,35,36,44)/p-2. The van der Waals surface area contributed by atoms with Crippen molar-refractivity contribution in [3.05, 3.63) is 88.7 Å². The van der Waals surface area contributed by atoms with Crippen molar-refractivity contribution in [2.75, 3.05) is 12.3 Å². The first-order valence-corrected chi connectivity index (χ1v) is 19.4. The molecule has 6 unspecified atom stereocenters. The van der Waals surface area contributed by atoms with E-state index in [0.717, 1.165) is 27.6 Å². The molecule has 1 aliphatic rings. The van der Waals surface area contributed by atoms with Crippen LogP contribution < -0.4 is 26.4 Å². The number of aryl methyl sites for hydroxylation is 1. The van der Waals surface area contributed by atoms with E-state index in [4.69, 9.17) is 10.5 Å². The highest BCUT2D eigenvalue weighted by Crippen LogP contribution is 2.56. The summed E-state index contributed by atoms with van der Waals surface area (Å²) in [5.74, 6) is -0.369. The molecule has 1 aliphatic heterocycles. The van der Waals surface area contributed by atoms with Gasteiger partial charge in [0, 0.05) is 19.5 Å². The van der Waals surface area contributed by atoms with Crippen LogP contribution in [0.3, 0.4) is 0 Å². The maximum atomic E-state index is 12.3. The van der Waals surface area contributed by atoms with Crippen LogP contribution in [-0.4, -0.2) is 75.6 Å². The van der Waals surface area contributed by atoms with Crippen molar-refractivity contribution in [3.63, 3.8) is 0 Å². The zero-order valence-electron chi connectivity index (χ0n) is 28.2. The lowest BCUT2D eigenvalue weighted by atomic mass is 10.0. The molecule has 21 nitrogen and oxygen atoms in total. The molecule has 0 saturated carbocycles. The third kappa shape index (κ3) is 9.90. The van der Waals surface area contributed by atoms with E-state index < -0.39 is 59.0 Å². The van der Waals surface area contributed by atoms with Crippen LogP contribution in [0.25, 0.3) is 22.3 Å². The molecule has 2 aromatic carbocycles. The number of phosphoric ester groups is 2. The Hall–Kier alpha value is -4.66. The van der Waals surface area contributed by atoms with Crippen LogP contribution in [0.5, 0.6) is 0 Å². The molecular formula is C31H35N9O12P2-2. The molecule has 0 spiro atoms. The molecule has 23 heteroatoms. The number of anilines is 1. The maximum Gasteiger partial charge on any atom is 0.280 e. The number of imidazole rings is 1. The number of aromatic nitrogens is 7. The molecule has 1 fully saturated rings. The summed E-state index contributed by atoms with van der Waals surface area (Å²) in [4.78, 5) is 59.1. The second-order valence-electron chi connectivity index (χ2n) is 12.1. The van der Waals surface area contributed by atoms with Crippen molar-refractivity contribution >= 4 is 38.7 Å². The van der Waals surface area contributed by atoms with Gasteiger partial charge in [0.05, 0.1) is 19.1 Å². The number of aliphatic hydroxyl groups is 2. The van der Waals surface area contributed by atoms with Gasteiger partial charge in [0.25, 0.3) is 21.2 Å². The topological polar surface area (TPSA) is 307 Å². The lowest BCUT2D eigenvalue weighted by Gasteiger charge is -2.31. The number of benzene rings is 2. The molecule has 3 aromatic heterocycles. The van der Waals surface area contributed by atoms with Crippen LogP contribution in [0.1, 0.15) is 36.7 Å². The first-order valence-electron chi connectivity index (χ1n) is 16.4. The van der Waals surface area contributed by atoms with Gasteiger partial charge in [0.1, 0.15) is 30.6 Å². The number of carbonyl (C=O) groups is 1. The molecule has 1 amide bonds. The lowest BCUT2D eigenvalue weighted by molar-refractivity contribution is -0.246. The number of ether oxygens (including phenoxy) is 1. The highest BCUT2D eigenvalue weighted by Gasteiger charge is 2.45. The number of hydrogen-bond donors (Lipinski definition) is 5. The molecule has 6 rings (SSSR count). The SMILES string of the molecule is Nc1nc2c(ncn2C2OC(COP(=O)([O-])OP(=O)([O-])OCc3cn(CCCCC(=O)NCc4ccc(-c5ccccc5)cc4)nn3)C(O)C2O)c(=O)[nH]1. The molecule has 4 heterocycles. The molecule has 288 valence electrons. The van der Waals surface area contributed by atoms with Crippen LogP contribution >= 0.6 is 15.6 Å². The van der Waals surface area contributed by atoms with Gasteiger partial charge in [-0.15, -0.1) is 5.10 Å². The summed E-state index contributed by atoms with van der Waals surface area (Å²) < 4.78 is 46.0. The monoisotopic (exact) mass is 787 g/mol. The Morgan fingerprint density at radius 2 is 1.74 bits per heavy atom. The predicted octanol–water partition coefficient (Wildman–Crippen LogP) is 0.253. The van der Waals surface area contributed by atoms with Gasteiger partial charge in [0.15, 0.2) is 17.4 Å². The Bertz CT molecular complexity index is 2220. The van der Waals surface area contributed by atoms with E-state index in [0.29, 0.717) is 25.9 Å². The Balaban J connectivity index is 0.892. The van der Waals surface area contributed by atoms with Crippen molar-refractivity contribution in [2.45, 2.75) is 63.5 Å². The molecule has 5 aromatic rings. The van der Waals surface area contributed by atoms with Crippen LogP contribution in [0, 0.1) is 0 Å². The minimum atomic E-state index is -5.61. The fourth-order valence-electron chi connectivity index (χ4n) is 5.51. The molecule has 0 aliphatic carbocycles. The second kappa shape index (κ2) is 16.8. The number of nitrogen functional groups attached to an aromatic ring is 1. The van der Waals surface area contributed by atoms with Gasteiger partial charge < -0.3 is 44.8 Å². The third-order valence-electron chi connectivity index (χ3n) is 8.21. The lowest BCUT2D eigenvalue weighted by Crippen LogP contribution is -2.34. The largest absolute Gasteiger partial charge is 0.756 e. The summed E-state index contributed by atoms with van der Waals surface area (Å²) in [6.45, 7) is -0.930. The zero-order chi connectivity index (χ0) is 38.5. The van der Waals surface area contributed by atoms with Gasteiger partial charge in [-0.1, -0.05) is 59.8 Å². The van der Waals surface area contributed by atoms with Crippen molar-refractivity contribution < 1.29 is 52.0 Å². The summed E-state index contributed by atoms with van der Waals surface area (Å²) in [6.07, 6.45) is -2.44. The number of amides is 1. The minimum absolute atomic E-state index is 0.0418. The van der Waals surface area contributed by atoms with Crippen molar-refractivity contribution in [1.29, 1.82) is 0 Å². The molecule has 54 heavy (non-hydrogen) atoms. The van der Waals surface area contributed by atoms with E-state index in [1.165, 1.54) is 10.9 Å². The van der Waals surface area contributed by atoms with Crippen molar-refractivity contribution in [3.8, 4) is 11.1 Å². The van der Waals surface area contributed by atoms with Gasteiger partial charge in [-0.25, -0.2) is 9.29 Å². The highest BCUT2D eigenvalue weighted by atomic mass is 31.3. The summed E-state index contributed by atoms with van der Waals surface area (Å²) in [6, 6.07) is 17.9. The Morgan fingerprint density at radius 3 is 2.50 bits per heavy atom. The molecule has 1 saturated heterocycles. The fraction of sp³-hybridized carbons (Fsp3) is 0.355. The highest BCUT2D eigenvalue weighted by molar-refractivity contribution is 7.59. The Kier molecular flexibility index (Phi) is 12.1. The van der Waals surface area contributed by atoms with Crippen molar-refractivity contribution in [2.24, 2.45) is 0 Å². The zero-order valence-corrected chi connectivity index (χ0v) is 30.0. The summed E-state index contributed by atoms with van der Waals surface area (Å²) >= 11 is 0. The van der Waals surface area contributed by atoms with E-state index in [1.807, 2.05) is 54.6 Å². The number of rotatable bonds is 17. The molecule has 6 atom stereocenters. The number of aromatic amines is 1. The van der Waals surface area contributed by atoms with E-state index in [-0.39, 0.29) is 35.1 Å². The van der Waals surface area contributed by atoms with E-state index in [2.05, 4.69) is 43.9 Å². The number of nitrogens with one attached hydrogen (secondary N) is 2. The van der Waals surface area contributed by atoms with Crippen LogP contribution in [0.15, 0.2) is 71.9 Å². The molecule has 6 N–H and O–H groups in total. The van der Waals surface area contributed by atoms with Gasteiger partial charge in [-0.05, 0) is 29.5 Å². The Morgan fingerprint density at radius 1 is 1.02 bits per heavy atom. The van der Waals surface area contributed by atoms with E-state index in [9.17, 15) is 38.7 Å². The van der Waals surface area contributed by atoms with Crippen LogP contribution in [0.2, 0.25) is 0 Å². The smallest absolute Gasteiger partial charge is 0.280 e. The Labute approximate surface area is 305 Å². The van der Waals surface area contributed by atoms with Gasteiger partial charge in [0.2, 0.25) is 11.9 Å². The number of unbranched alkanes of at least 4 members (excludes halogenated alkanes) is 1. The second-order valence-corrected chi connectivity index (χ2v) is 15.1. The quantitative estimate of drug-likeness (QED) is 0.0623. The van der Waals surface area contributed by atoms with E-state index >= 15 is 0 Å². The normalized spacial score (nSPS) is 20.8. The van der Waals surface area contributed by atoms with Crippen molar-refractivity contribution in [1.82, 2.24) is 39.8 Å². The van der Waals surface area contributed by atoms with Gasteiger partial charge >= 0.3 is 0 Å². The number of hydrogen-bond acceptors (Lipinski definition) is 17. The molecule has 0 radical (unpaired) electrons. The van der Waals surface area contributed by atoms with Crippen LogP contribution in [0.4, 0.5) is 5.95 Å². The maximum absolute atomic E-state index is 12.3. The predicted molar refractivity (Wildman–Crippen MR) is 183 cm³/mol. The summed E-state index contributed by atoms with van der Waals surface area (Å²) in [5, 5.41) is 31.5. The third-order valence-corrected chi connectivity index (χ3v) is 10.7. The molecular weight excluding hydrogens is 752 g/mol. The molecule has 0 bridgehead atoms. The van der Waals surface area contributed by atoms with Crippen LogP contribution in [-0.2, 0) is 51.7 Å². The van der Waals surface area contributed by atoms with Gasteiger partial charge in [-0.3, -0.25) is 33.0 Å². The fourth-order valence-corrected chi connectivity index (χ4v) is 7.49. The minimum Gasteiger partial charge on any atom is -0.756 e. The first kappa shape index (κ1) is 39.0. The number of aliphatic hydroxyl groups excluding tert-OH is 2. The van der Waals surface area contributed by atoms with Gasteiger partial charge in [-0.2, -0.15) is 4.98 Å². The average Bonchev–Trinajstić information content (AvgIpc) is 3.85. The average molecular weight is 788 g/mol. The first-order chi connectivity index (χ1) is 25.8. The number of nitrogens with two attached hydrogens (primary N) is 1. The number of fused-ring (bicyclic) bond motifs is 1. The number of phosphoric acid groups is 2.